The Balaban J connectivity index is 1.94. The van der Waals surface area contributed by atoms with Crippen LogP contribution >= 0.6 is 15.9 Å². The van der Waals surface area contributed by atoms with E-state index in [2.05, 4.69) is 40.0 Å². The van der Waals surface area contributed by atoms with Crippen molar-refractivity contribution < 1.29 is 13.9 Å². The van der Waals surface area contributed by atoms with E-state index in [1.807, 2.05) is 0 Å². The van der Waals surface area contributed by atoms with Crippen molar-refractivity contribution >= 4 is 21.8 Å². The first-order valence-corrected chi connectivity index (χ1v) is 7.75. The molecule has 116 valence electrons. The summed E-state index contributed by atoms with van der Waals surface area (Å²) in [6, 6.07) is 4.26. The minimum Gasteiger partial charge on any atom is -0.379 e. The second-order valence-electron chi connectivity index (χ2n) is 5.72. The SMILES string of the molecule is CC(C)(CNC(=O)c1ccc(F)c(Br)c1)N1CCOCC1. The lowest BCUT2D eigenvalue weighted by molar-refractivity contribution is -0.00923. The Labute approximate surface area is 132 Å². The average molecular weight is 359 g/mol. The van der Waals surface area contributed by atoms with Gasteiger partial charge in [0.05, 0.1) is 17.7 Å². The molecule has 0 saturated carbocycles. The normalized spacial score (nSPS) is 16.8. The van der Waals surface area contributed by atoms with Crippen molar-refractivity contribution in [2.45, 2.75) is 19.4 Å². The van der Waals surface area contributed by atoms with Crippen LogP contribution in [0, 0.1) is 5.82 Å². The zero-order chi connectivity index (χ0) is 15.5. The molecule has 0 unspecified atom stereocenters. The molecule has 0 atom stereocenters. The van der Waals surface area contributed by atoms with E-state index < -0.39 is 0 Å². The highest BCUT2D eigenvalue weighted by atomic mass is 79.9. The summed E-state index contributed by atoms with van der Waals surface area (Å²) in [5.41, 5.74) is 0.303. The lowest BCUT2D eigenvalue weighted by atomic mass is 10.0. The molecule has 1 saturated heterocycles. The molecule has 1 amide bonds. The molecular formula is C15H20BrFN2O2. The number of rotatable bonds is 4. The van der Waals surface area contributed by atoms with Crippen molar-refractivity contribution in [3.8, 4) is 0 Å². The topological polar surface area (TPSA) is 41.6 Å². The summed E-state index contributed by atoms with van der Waals surface area (Å²) >= 11 is 3.09. The monoisotopic (exact) mass is 358 g/mol. The van der Waals surface area contributed by atoms with Crippen LogP contribution in [0.3, 0.4) is 0 Å². The third-order valence-electron chi connectivity index (χ3n) is 3.73. The largest absolute Gasteiger partial charge is 0.379 e. The Morgan fingerprint density at radius 3 is 2.71 bits per heavy atom. The van der Waals surface area contributed by atoms with Gasteiger partial charge in [0.1, 0.15) is 5.82 Å². The summed E-state index contributed by atoms with van der Waals surface area (Å²) in [4.78, 5) is 14.4. The molecule has 0 aliphatic carbocycles. The van der Waals surface area contributed by atoms with E-state index >= 15 is 0 Å². The summed E-state index contributed by atoms with van der Waals surface area (Å²) < 4.78 is 18.8. The fourth-order valence-electron chi connectivity index (χ4n) is 2.32. The van der Waals surface area contributed by atoms with Gasteiger partial charge in [0.25, 0.3) is 5.91 Å². The number of carbonyl (C=O) groups is 1. The Bertz CT molecular complexity index is 516. The van der Waals surface area contributed by atoms with Gasteiger partial charge in [0, 0.05) is 30.7 Å². The highest BCUT2D eigenvalue weighted by molar-refractivity contribution is 9.10. The molecular weight excluding hydrogens is 339 g/mol. The van der Waals surface area contributed by atoms with Gasteiger partial charge in [0.2, 0.25) is 0 Å². The molecule has 1 N–H and O–H groups in total. The summed E-state index contributed by atoms with van der Waals surface area (Å²) in [6.07, 6.45) is 0. The van der Waals surface area contributed by atoms with Crippen molar-refractivity contribution in [3.63, 3.8) is 0 Å². The van der Waals surface area contributed by atoms with Crippen LogP contribution in [-0.4, -0.2) is 49.2 Å². The lowest BCUT2D eigenvalue weighted by Gasteiger charge is -2.40. The zero-order valence-corrected chi connectivity index (χ0v) is 13.9. The first kappa shape index (κ1) is 16.4. The Hall–Kier alpha value is -0.980. The Morgan fingerprint density at radius 1 is 1.43 bits per heavy atom. The average Bonchev–Trinajstić information content (AvgIpc) is 2.48. The predicted octanol–water partition coefficient (Wildman–Crippen LogP) is 2.43. The van der Waals surface area contributed by atoms with Crippen LogP contribution in [0.5, 0.6) is 0 Å². The van der Waals surface area contributed by atoms with Gasteiger partial charge in [-0.05, 0) is 48.0 Å². The summed E-state index contributed by atoms with van der Waals surface area (Å²) in [7, 11) is 0. The van der Waals surface area contributed by atoms with Crippen LogP contribution in [0.4, 0.5) is 4.39 Å². The van der Waals surface area contributed by atoms with Gasteiger partial charge in [0.15, 0.2) is 0 Å². The van der Waals surface area contributed by atoms with Crippen molar-refractivity contribution in [2.75, 3.05) is 32.8 Å². The van der Waals surface area contributed by atoms with Crippen LogP contribution in [0.2, 0.25) is 0 Å². The molecule has 1 aliphatic rings. The Kier molecular flexibility index (Phi) is 5.35. The summed E-state index contributed by atoms with van der Waals surface area (Å²) in [5, 5.41) is 2.92. The number of benzene rings is 1. The van der Waals surface area contributed by atoms with E-state index in [4.69, 9.17) is 4.74 Å². The van der Waals surface area contributed by atoms with Gasteiger partial charge in [-0.15, -0.1) is 0 Å². The number of carbonyl (C=O) groups excluding carboxylic acids is 1. The lowest BCUT2D eigenvalue weighted by Crippen LogP contribution is -2.55. The van der Waals surface area contributed by atoms with Gasteiger partial charge < -0.3 is 10.1 Å². The molecule has 1 heterocycles. The van der Waals surface area contributed by atoms with E-state index in [1.165, 1.54) is 18.2 Å². The number of hydrogen-bond acceptors (Lipinski definition) is 3. The molecule has 1 aromatic rings. The van der Waals surface area contributed by atoms with Gasteiger partial charge in [-0.1, -0.05) is 0 Å². The fraction of sp³-hybridized carbons (Fsp3) is 0.533. The summed E-state index contributed by atoms with van der Waals surface area (Å²) in [6.45, 7) is 7.90. The maximum absolute atomic E-state index is 13.2. The zero-order valence-electron chi connectivity index (χ0n) is 12.3. The van der Waals surface area contributed by atoms with Crippen LogP contribution in [0.25, 0.3) is 0 Å². The number of amides is 1. The Morgan fingerprint density at radius 2 is 2.10 bits per heavy atom. The quantitative estimate of drug-likeness (QED) is 0.898. The molecule has 1 aromatic carbocycles. The standard InChI is InChI=1S/C15H20BrFN2O2/c1-15(2,19-5-7-21-8-6-19)10-18-14(20)11-3-4-13(17)12(16)9-11/h3-4,9H,5-8,10H2,1-2H3,(H,18,20). The smallest absolute Gasteiger partial charge is 0.251 e. The van der Waals surface area contributed by atoms with Crippen LogP contribution < -0.4 is 5.32 Å². The predicted molar refractivity (Wildman–Crippen MR) is 82.9 cm³/mol. The van der Waals surface area contributed by atoms with Gasteiger partial charge in [-0.2, -0.15) is 0 Å². The minimum atomic E-state index is -0.375. The third kappa shape index (κ3) is 4.25. The van der Waals surface area contributed by atoms with Gasteiger partial charge >= 0.3 is 0 Å². The van der Waals surface area contributed by atoms with Crippen molar-refractivity contribution in [1.82, 2.24) is 10.2 Å². The number of morpholine rings is 1. The molecule has 4 nitrogen and oxygen atoms in total. The van der Waals surface area contributed by atoms with Crippen molar-refractivity contribution in [2.24, 2.45) is 0 Å². The third-order valence-corrected chi connectivity index (χ3v) is 4.34. The van der Waals surface area contributed by atoms with E-state index in [0.717, 1.165) is 26.3 Å². The van der Waals surface area contributed by atoms with E-state index in [9.17, 15) is 9.18 Å². The molecule has 1 fully saturated rings. The number of halogens is 2. The molecule has 21 heavy (non-hydrogen) atoms. The number of nitrogens with one attached hydrogen (secondary N) is 1. The van der Waals surface area contributed by atoms with Crippen molar-refractivity contribution in [1.29, 1.82) is 0 Å². The van der Waals surface area contributed by atoms with E-state index in [-0.39, 0.29) is 17.3 Å². The molecule has 1 aliphatic heterocycles. The van der Waals surface area contributed by atoms with Crippen LogP contribution in [0.1, 0.15) is 24.2 Å². The number of nitrogens with zero attached hydrogens (tertiary/aromatic N) is 1. The molecule has 2 rings (SSSR count). The number of ether oxygens (including phenoxy) is 1. The first-order valence-electron chi connectivity index (χ1n) is 6.96. The molecule has 6 heteroatoms. The van der Waals surface area contributed by atoms with Gasteiger partial charge in [-0.25, -0.2) is 4.39 Å². The maximum Gasteiger partial charge on any atom is 0.251 e. The van der Waals surface area contributed by atoms with E-state index in [1.54, 1.807) is 0 Å². The van der Waals surface area contributed by atoms with Crippen LogP contribution in [-0.2, 0) is 4.74 Å². The molecule has 0 radical (unpaired) electrons. The molecule has 0 bridgehead atoms. The first-order chi connectivity index (χ1) is 9.90. The van der Waals surface area contributed by atoms with E-state index in [0.29, 0.717) is 16.6 Å². The van der Waals surface area contributed by atoms with Crippen LogP contribution in [0.15, 0.2) is 22.7 Å². The number of hydrogen-bond donors (Lipinski definition) is 1. The maximum atomic E-state index is 13.2. The summed E-state index contributed by atoms with van der Waals surface area (Å²) in [5.74, 6) is -0.572. The second kappa shape index (κ2) is 6.85. The molecule has 0 aromatic heterocycles. The fourth-order valence-corrected chi connectivity index (χ4v) is 2.70. The van der Waals surface area contributed by atoms with Gasteiger partial charge in [-0.3, -0.25) is 9.69 Å². The second-order valence-corrected chi connectivity index (χ2v) is 6.58. The minimum absolute atomic E-state index is 0.142. The van der Waals surface area contributed by atoms with Crippen molar-refractivity contribution in [3.05, 3.63) is 34.1 Å². The highest BCUT2D eigenvalue weighted by Gasteiger charge is 2.28. The molecule has 0 spiro atoms. The highest BCUT2D eigenvalue weighted by Crippen LogP contribution is 2.18.